The van der Waals surface area contributed by atoms with Crippen LogP contribution in [0.25, 0.3) is 33.3 Å². The zero-order chi connectivity index (χ0) is 22.1. The number of nitriles is 1. The summed E-state index contributed by atoms with van der Waals surface area (Å²) in [6, 6.07) is 19.7. The number of nitrogens with zero attached hydrogens (tertiary/aromatic N) is 5. The first kappa shape index (κ1) is 19.4. The lowest BCUT2D eigenvalue weighted by Crippen LogP contribution is -2.02. The topological polar surface area (TPSA) is 93.4 Å². The Bertz CT molecular complexity index is 1480. The van der Waals surface area contributed by atoms with Crippen LogP contribution in [0, 0.1) is 17.1 Å². The molecule has 2 aromatic carbocycles. The molecule has 5 aromatic rings. The number of hydrogen-bond donors (Lipinski definition) is 1. The summed E-state index contributed by atoms with van der Waals surface area (Å²) in [4.78, 5) is 8.80. The van der Waals surface area contributed by atoms with Crippen LogP contribution < -0.4 is 5.73 Å². The van der Waals surface area contributed by atoms with Crippen molar-refractivity contribution in [3.63, 3.8) is 0 Å². The molecule has 3 aromatic heterocycles. The third-order valence-corrected chi connectivity index (χ3v) is 5.27. The van der Waals surface area contributed by atoms with Crippen molar-refractivity contribution in [2.75, 3.05) is 5.73 Å². The van der Waals surface area contributed by atoms with Crippen molar-refractivity contribution < 1.29 is 4.39 Å². The summed E-state index contributed by atoms with van der Waals surface area (Å²) in [5.74, 6) is 0.0245. The van der Waals surface area contributed by atoms with Crippen LogP contribution in [0.2, 0.25) is 0 Å². The molecule has 0 bridgehead atoms. The molecule has 0 spiro atoms. The summed E-state index contributed by atoms with van der Waals surface area (Å²) in [6.07, 6.45) is 5.18. The van der Waals surface area contributed by atoms with Gasteiger partial charge in [0.2, 0.25) is 0 Å². The van der Waals surface area contributed by atoms with Crippen molar-refractivity contribution >= 4 is 16.7 Å². The van der Waals surface area contributed by atoms with Crippen LogP contribution in [-0.4, -0.2) is 19.7 Å². The van der Waals surface area contributed by atoms with E-state index in [0.29, 0.717) is 33.5 Å². The van der Waals surface area contributed by atoms with Gasteiger partial charge in [-0.3, -0.25) is 9.67 Å². The van der Waals surface area contributed by atoms with Gasteiger partial charge >= 0.3 is 0 Å². The minimum absolute atomic E-state index is 0.260. The Morgan fingerprint density at radius 3 is 2.59 bits per heavy atom. The monoisotopic (exact) mass is 420 g/mol. The van der Waals surface area contributed by atoms with Crippen LogP contribution in [0.3, 0.4) is 0 Å². The van der Waals surface area contributed by atoms with Crippen molar-refractivity contribution in [1.29, 1.82) is 5.26 Å². The first-order valence-electron chi connectivity index (χ1n) is 9.95. The minimum Gasteiger partial charge on any atom is -0.383 e. The van der Waals surface area contributed by atoms with Crippen molar-refractivity contribution in [2.24, 2.45) is 0 Å². The molecule has 154 valence electrons. The van der Waals surface area contributed by atoms with E-state index in [-0.39, 0.29) is 12.4 Å². The Morgan fingerprint density at radius 1 is 1.00 bits per heavy atom. The maximum atomic E-state index is 14.2. The number of nitrogens with two attached hydrogens (primary N) is 1. The summed E-state index contributed by atoms with van der Waals surface area (Å²) in [5.41, 5.74) is 11.1. The number of aromatic nitrogens is 4. The van der Waals surface area contributed by atoms with Crippen LogP contribution >= 0.6 is 0 Å². The SMILES string of the molecule is N#Cc1cccc(-c2nc(N)c3cn(Cc4ccccc4F)nc3c2-c2ccncc2)c1. The largest absolute Gasteiger partial charge is 0.383 e. The molecule has 0 saturated carbocycles. The smallest absolute Gasteiger partial charge is 0.135 e. The fraction of sp³-hybridized carbons (Fsp3) is 0.0400. The van der Waals surface area contributed by atoms with Gasteiger partial charge in [-0.15, -0.1) is 0 Å². The van der Waals surface area contributed by atoms with E-state index < -0.39 is 0 Å². The number of anilines is 1. The normalized spacial score (nSPS) is 10.9. The van der Waals surface area contributed by atoms with Crippen LogP contribution in [0.1, 0.15) is 11.1 Å². The van der Waals surface area contributed by atoms with Crippen LogP contribution in [0.4, 0.5) is 10.2 Å². The second-order valence-electron chi connectivity index (χ2n) is 7.33. The molecule has 6 nitrogen and oxygen atoms in total. The number of hydrogen-bond acceptors (Lipinski definition) is 5. The molecule has 7 heteroatoms. The molecular weight excluding hydrogens is 403 g/mol. The highest BCUT2D eigenvalue weighted by atomic mass is 19.1. The van der Waals surface area contributed by atoms with E-state index in [2.05, 4.69) is 16.0 Å². The molecule has 3 heterocycles. The minimum atomic E-state index is -0.290. The van der Waals surface area contributed by atoms with E-state index in [1.54, 1.807) is 53.6 Å². The fourth-order valence-corrected chi connectivity index (χ4v) is 3.76. The first-order valence-corrected chi connectivity index (χ1v) is 9.95. The van der Waals surface area contributed by atoms with Crippen molar-refractivity contribution in [3.05, 3.63) is 96.2 Å². The van der Waals surface area contributed by atoms with E-state index in [1.165, 1.54) is 6.07 Å². The number of nitrogen functional groups attached to an aromatic ring is 1. The molecule has 32 heavy (non-hydrogen) atoms. The molecule has 0 aliphatic rings. The molecule has 0 radical (unpaired) electrons. The van der Waals surface area contributed by atoms with E-state index in [1.807, 2.05) is 24.3 Å². The van der Waals surface area contributed by atoms with Gasteiger partial charge in [0.15, 0.2) is 0 Å². The Morgan fingerprint density at radius 2 is 1.81 bits per heavy atom. The molecular formula is C25H17FN6. The van der Waals surface area contributed by atoms with E-state index >= 15 is 0 Å². The lowest BCUT2D eigenvalue weighted by atomic mass is 9.97. The lowest BCUT2D eigenvalue weighted by Gasteiger charge is -2.12. The summed E-state index contributed by atoms with van der Waals surface area (Å²) >= 11 is 0. The Balaban J connectivity index is 1.76. The van der Waals surface area contributed by atoms with Crippen LogP contribution in [0.5, 0.6) is 0 Å². The molecule has 0 atom stereocenters. The highest BCUT2D eigenvalue weighted by molar-refractivity contribution is 6.04. The van der Waals surface area contributed by atoms with Gasteiger partial charge in [-0.05, 0) is 35.9 Å². The van der Waals surface area contributed by atoms with Gasteiger partial charge in [0, 0.05) is 35.3 Å². The predicted octanol–water partition coefficient (Wildman–Crippen LogP) is 4.80. The molecule has 2 N–H and O–H groups in total. The Labute approximate surface area is 183 Å². The highest BCUT2D eigenvalue weighted by Gasteiger charge is 2.20. The molecule has 0 saturated heterocycles. The van der Waals surface area contributed by atoms with Crippen LogP contribution in [-0.2, 0) is 6.54 Å². The van der Waals surface area contributed by atoms with Gasteiger partial charge in [-0.1, -0.05) is 30.3 Å². The standard InChI is InChI=1S/C25H17FN6/c26-21-7-2-1-5-19(21)14-32-15-20-24(31-32)22(17-8-10-29-11-9-17)23(30-25(20)28)18-6-3-4-16(12-18)13-27/h1-12,15H,14H2,(H2,28,30). The van der Waals surface area contributed by atoms with Crippen molar-refractivity contribution in [1.82, 2.24) is 19.7 Å². The average Bonchev–Trinajstić information content (AvgIpc) is 3.25. The zero-order valence-corrected chi connectivity index (χ0v) is 16.9. The van der Waals surface area contributed by atoms with E-state index in [9.17, 15) is 9.65 Å². The number of rotatable bonds is 4. The van der Waals surface area contributed by atoms with Gasteiger partial charge in [0.05, 0.1) is 29.3 Å². The molecule has 0 fully saturated rings. The quantitative estimate of drug-likeness (QED) is 0.451. The summed E-state index contributed by atoms with van der Waals surface area (Å²) in [5, 5.41) is 14.8. The Kier molecular flexibility index (Phi) is 4.81. The van der Waals surface area contributed by atoms with Gasteiger partial charge in [-0.2, -0.15) is 10.4 Å². The van der Waals surface area contributed by atoms with Crippen LogP contribution in [0.15, 0.2) is 79.3 Å². The second kappa shape index (κ2) is 7.93. The second-order valence-corrected chi connectivity index (χ2v) is 7.33. The van der Waals surface area contributed by atoms with E-state index in [4.69, 9.17) is 10.8 Å². The number of halogens is 1. The third kappa shape index (κ3) is 3.44. The fourth-order valence-electron chi connectivity index (χ4n) is 3.76. The molecule has 0 aliphatic carbocycles. The van der Waals surface area contributed by atoms with Gasteiger partial charge in [0.25, 0.3) is 0 Å². The first-order chi connectivity index (χ1) is 15.6. The van der Waals surface area contributed by atoms with Crippen molar-refractivity contribution in [3.8, 4) is 28.5 Å². The van der Waals surface area contributed by atoms with Gasteiger partial charge in [-0.25, -0.2) is 9.37 Å². The number of pyridine rings is 2. The van der Waals surface area contributed by atoms with E-state index in [0.717, 1.165) is 16.7 Å². The molecule has 5 rings (SSSR count). The lowest BCUT2D eigenvalue weighted by molar-refractivity contribution is 0.587. The third-order valence-electron chi connectivity index (χ3n) is 5.27. The van der Waals surface area contributed by atoms with Crippen molar-refractivity contribution in [2.45, 2.75) is 6.54 Å². The maximum Gasteiger partial charge on any atom is 0.135 e. The zero-order valence-electron chi connectivity index (χ0n) is 16.9. The number of fused-ring (bicyclic) bond motifs is 1. The van der Waals surface area contributed by atoms with Gasteiger partial charge < -0.3 is 5.73 Å². The predicted molar refractivity (Wildman–Crippen MR) is 121 cm³/mol. The maximum absolute atomic E-state index is 14.2. The molecule has 0 amide bonds. The summed E-state index contributed by atoms with van der Waals surface area (Å²) in [6.45, 7) is 0.260. The Hall–Kier alpha value is -4.57. The average molecular weight is 420 g/mol. The van der Waals surface area contributed by atoms with Gasteiger partial charge in [0.1, 0.15) is 17.2 Å². The summed E-state index contributed by atoms with van der Waals surface area (Å²) < 4.78 is 15.9. The molecule has 0 unspecified atom stereocenters. The number of benzene rings is 2. The summed E-state index contributed by atoms with van der Waals surface area (Å²) in [7, 11) is 0. The molecule has 0 aliphatic heterocycles. The highest BCUT2D eigenvalue weighted by Crippen LogP contribution is 2.38.